The van der Waals surface area contributed by atoms with E-state index in [9.17, 15) is 0 Å². The summed E-state index contributed by atoms with van der Waals surface area (Å²) >= 11 is 0. The molecule has 0 radical (unpaired) electrons. The van der Waals surface area contributed by atoms with Crippen LogP contribution >= 0.6 is 0 Å². The van der Waals surface area contributed by atoms with Gasteiger partial charge in [0.15, 0.2) is 0 Å². The Morgan fingerprint density at radius 1 is 1.25 bits per heavy atom. The largest absolute Gasteiger partial charge is 0.385 e. The van der Waals surface area contributed by atoms with Crippen molar-refractivity contribution in [2.75, 3.05) is 26.8 Å². The summed E-state index contributed by atoms with van der Waals surface area (Å²) in [5, 5.41) is 3.16. The van der Waals surface area contributed by atoms with Gasteiger partial charge in [-0.25, -0.2) is 5.84 Å². The van der Waals surface area contributed by atoms with Gasteiger partial charge < -0.3 is 10.1 Å². The van der Waals surface area contributed by atoms with Crippen LogP contribution in [-0.4, -0.2) is 32.8 Å². The first kappa shape index (κ1) is 15.2. The van der Waals surface area contributed by atoms with E-state index in [-0.39, 0.29) is 0 Å². The van der Waals surface area contributed by atoms with Gasteiger partial charge in [0, 0.05) is 26.8 Å². The van der Waals surface area contributed by atoms with Gasteiger partial charge in [-0.1, -0.05) is 13.3 Å². The number of rotatable bonds is 9. The van der Waals surface area contributed by atoms with Crippen LogP contribution in [0, 0.1) is 0 Å². The van der Waals surface area contributed by atoms with E-state index < -0.39 is 0 Å². The van der Waals surface area contributed by atoms with E-state index >= 15 is 0 Å². The Morgan fingerprint density at radius 3 is 2.69 bits per heavy atom. The highest BCUT2D eigenvalue weighted by Gasteiger charge is 1.94. The van der Waals surface area contributed by atoms with Crippen LogP contribution in [0.1, 0.15) is 39.0 Å². The number of nitrogens with zero attached hydrogens (tertiary/aromatic N) is 1. The molecule has 0 amide bonds. The third-order valence-corrected chi connectivity index (χ3v) is 2.24. The SMILES string of the molecule is CCCCNC(=NCCCCCOC)NN. The van der Waals surface area contributed by atoms with Crippen LogP contribution in [0.15, 0.2) is 4.99 Å². The van der Waals surface area contributed by atoms with Crippen LogP contribution in [-0.2, 0) is 4.74 Å². The lowest BCUT2D eigenvalue weighted by molar-refractivity contribution is 0.192. The lowest BCUT2D eigenvalue weighted by atomic mass is 10.2. The van der Waals surface area contributed by atoms with Gasteiger partial charge in [0.1, 0.15) is 0 Å². The normalized spacial score (nSPS) is 11.6. The zero-order valence-electron chi connectivity index (χ0n) is 10.6. The third kappa shape index (κ3) is 9.73. The molecular formula is C11H26N4O. The third-order valence-electron chi connectivity index (χ3n) is 2.24. The minimum Gasteiger partial charge on any atom is -0.385 e. The number of nitrogens with one attached hydrogen (secondary N) is 2. The lowest BCUT2D eigenvalue weighted by Crippen LogP contribution is -2.42. The van der Waals surface area contributed by atoms with E-state index in [0.717, 1.165) is 45.4 Å². The van der Waals surface area contributed by atoms with Gasteiger partial charge in [-0.05, 0) is 25.7 Å². The van der Waals surface area contributed by atoms with E-state index in [1.54, 1.807) is 7.11 Å². The number of methoxy groups -OCH3 is 1. The molecule has 0 atom stereocenters. The predicted molar refractivity (Wildman–Crippen MR) is 68.3 cm³/mol. The monoisotopic (exact) mass is 230 g/mol. The fourth-order valence-electron chi connectivity index (χ4n) is 1.26. The van der Waals surface area contributed by atoms with Gasteiger partial charge >= 0.3 is 0 Å². The minimum atomic E-state index is 0.695. The first-order chi connectivity index (χ1) is 7.85. The van der Waals surface area contributed by atoms with Crippen LogP contribution in [0.3, 0.4) is 0 Å². The summed E-state index contributed by atoms with van der Waals surface area (Å²) < 4.78 is 4.98. The van der Waals surface area contributed by atoms with Gasteiger partial charge in [-0.15, -0.1) is 0 Å². The zero-order chi connectivity index (χ0) is 12.1. The number of guanidine groups is 1. The molecule has 0 aromatic heterocycles. The van der Waals surface area contributed by atoms with Crippen molar-refractivity contribution in [1.29, 1.82) is 0 Å². The van der Waals surface area contributed by atoms with E-state index in [0.29, 0.717) is 5.96 Å². The highest BCUT2D eigenvalue weighted by atomic mass is 16.5. The molecule has 0 aliphatic carbocycles. The summed E-state index contributed by atoms with van der Waals surface area (Å²) in [6.07, 6.45) is 5.62. The van der Waals surface area contributed by atoms with Gasteiger partial charge in [0.25, 0.3) is 0 Å². The maximum atomic E-state index is 5.35. The Kier molecular flexibility index (Phi) is 11.6. The van der Waals surface area contributed by atoms with Crippen molar-refractivity contribution in [3.05, 3.63) is 0 Å². The summed E-state index contributed by atoms with van der Waals surface area (Å²) in [6, 6.07) is 0. The molecule has 16 heavy (non-hydrogen) atoms. The first-order valence-corrected chi connectivity index (χ1v) is 6.09. The van der Waals surface area contributed by atoms with Gasteiger partial charge in [-0.2, -0.15) is 0 Å². The average molecular weight is 230 g/mol. The smallest absolute Gasteiger partial charge is 0.205 e. The van der Waals surface area contributed by atoms with Gasteiger partial charge in [-0.3, -0.25) is 10.4 Å². The highest BCUT2D eigenvalue weighted by molar-refractivity contribution is 5.79. The summed E-state index contributed by atoms with van der Waals surface area (Å²) in [7, 11) is 1.73. The number of hydrazine groups is 1. The van der Waals surface area contributed by atoms with Gasteiger partial charge in [0.2, 0.25) is 5.96 Å². The molecule has 0 saturated heterocycles. The molecule has 0 heterocycles. The molecule has 0 aromatic rings. The second-order valence-electron chi connectivity index (χ2n) is 3.71. The number of ether oxygens (including phenoxy) is 1. The molecule has 0 saturated carbocycles. The van der Waals surface area contributed by atoms with Gasteiger partial charge in [0.05, 0.1) is 0 Å². The Bertz CT molecular complexity index is 173. The van der Waals surface area contributed by atoms with Crippen molar-refractivity contribution in [2.45, 2.75) is 39.0 Å². The van der Waals surface area contributed by atoms with Crippen molar-refractivity contribution >= 4 is 5.96 Å². The van der Waals surface area contributed by atoms with E-state index in [1.165, 1.54) is 6.42 Å². The predicted octanol–water partition coefficient (Wildman–Crippen LogP) is 1.01. The van der Waals surface area contributed by atoms with Crippen molar-refractivity contribution in [1.82, 2.24) is 10.7 Å². The van der Waals surface area contributed by atoms with E-state index in [4.69, 9.17) is 10.6 Å². The van der Waals surface area contributed by atoms with Crippen LogP contribution in [0.25, 0.3) is 0 Å². The van der Waals surface area contributed by atoms with Crippen molar-refractivity contribution in [3.63, 3.8) is 0 Å². The fourth-order valence-corrected chi connectivity index (χ4v) is 1.26. The molecular weight excluding hydrogens is 204 g/mol. The molecule has 0 aromatic carbocycles. The first-order valence-electron chi connectivity index (χ1n) is 6.09. The maximum Gasteiger partial charge on any atom is 0.205 e. The molecule has 0 fully saturated rings. The maximum absolute atomic E-state index is 5.35. The quantitative estimate of drug-likeness (QED) is 0.182. The highest BCUT2D eigenvalue weighted by Crippen LogP contribution is 1.95. The molecule has 5 heteroatoms. The second-order valence-corrected chi connectivity index (χ2v) is 3.71. The summed E-state index contributed by atoms with van der Waals surface area (Å²) in [5.41, 5.74) is 2.58. The molecule has 4 N–H and O–H groups in total. The number of hydrogen-bond acceptors (Lipinski definition) is 3. The zero-order valence-corrected chi connectivity index (χ0v) is 10.6. The van der Waals surface area contributed by atoms with Crippen molar-refractivity contribution in [3.8, 4) is 0 Å². The number of nitrogens with two attached hydrogens (primary N) is 1. The summed E-state index contributed by atoms with van der Waals surface area (Å²) in [4.78, 5) is 4.34. The Morgan fingerprint density at radius 2 is 2.06 bits per heavy atom. The molecule has 0 unspecified atom stereocenters. The molecule has 0 rings (SSSR count). The van der Waals surface area contributed by atoms with E-state index in [1.807, 2.05) is 0 Å². The van der Waals surface area contributed by atoms with Crippen molar-refractivity contribution < 1.29 is 4.74 Å². The van der Waals surface area contributed by atoms with Crippen LogP contribution < -0.4 is 16.6 Å². The number of unbranched alkanes of at least 4 members (excludes halogenated alkanes) is 3. The standard InChI is InChI=1S/C11H26N4O/c1-3-4-8-13-11(15-12)14-9-6-5-7-10-16-2/h3-10,12H2,1-2H3,(H2,13,14,15). The fraction of sp³-hybridized carbons (Fsp3) is 0.909. The Hall–Kier alpha value is -0.810. The molecule has 0 spiro atoms. The topological polar surface area (TPSA) is 71.7 Å². The average Bonchev–Trinajstić information content (AvgIpc) is 2.31. The lowest BCUT2D eigenvalue weighted by Gasteiger charge is -2.08. The van der Waals surface area contributed by atoms with Crippen molar-refractivity contribution in [2.24, 2.45) is 10.8 Å². The van der Waals surface area contributed by atoms with Crippen LogP contribution in [0.4, 0.5) is 0 Å². The van der Waals surface area contributed by atoms with Crippen LogP contribution in [0.5, 0.6) is 0 Å². The summed E-state index contributed by atoms with van der Waals surface area (Å²) in [6.45, 7) is 4.72. The minimum absolute atomic E-state index is 0.695. The molecule has 0 aliphatic heterocycles. The molecule has 96 valence electrons. The molecule has 0 aliphatic rings. The van der Waals surface area contributed by atoms with E-state index in [2.05, 4.69) is 22.7 Å². The summed E-state index contributed by atoms with van der Waals surface area (Å²) in [5.74, 6) is 6.05. The molecule has 5 nitrogen and oxygen atoms in total. The molecule has 0 bridgehead atoms. The second kappa shape index (κ2) is 12.3. The number of aliphatic imine (C=N–C) groups is 1. The Balaban J connectivity index is 3.47. The Labute approximate surface area is 98.8 Å². The van der Waals surface area contributed by atoms with Crippen LogP contribution in [0.2, 0.25) is 0 Å². The number of hydrogen-bond donors (Lipinski definition) is 3.